The van der Waals surface area contributed by atoms with Crippen molar-refractivity contribution < 1.29 is 4.79 Å². The first-order valence-electron chi connectivity index (χ1n) is 5.91. The molecule has 1 aliphatic carbocycles. The van der Waals surface area contributed by atoms with Crippen molar-refractivity contribution in [3.05, 3.63) is 28.7 Å². The summed E-state index contributed by atoms with van der Waals surface area (Å²) in [5.41, 5.74) is 0.851. The normalized spacial score (nSPS) is 15.2. The molecule has 0 atom stereocenters. The van der Waals surface area contributed by atoms with Crippen molar-refractivity contribution in [3.8, 4) is 0 Å². The highest BCUT2D eigenvalue weighted by Gasteiger charge is 2.16. The summed E-state index contributed by atoms with van der Waals surface area (Å²) in [6.45, 7) is 0. The number of halogens is 2. The Hall–Kier alpha value is -0.190. The van der Waals surface area contributed by atoms with Crippen molar-refractivity contribution in [1.82, 2.24) is 0 Å². The highest BCUT2D eigenvalue weighted by Crippen LogP contribution is 2.29. The van der Waals surface area contributed by atoms with Crippen molar-refractivity contribution in [2.75, 3.05) is 11.1 Å². The lowest BCUT2D eigenvalue weighted by Crippen LogP contribution is -2.16. The lowest BCUT2D eigenvalue weighted by Gasteiger charge is -2.10. The van der Waals surface area contributed by atoms with Gasteiger partial charge in [0.1, 0.15) is 0 Å². The van der Waals surface area contributed by atoms with Gasteiger partial charge in [-0.05, 0) is 40.9 Å². The summed E-state index contributed by atoms with van der Waals surface area (Å²) < 4.78 is 0.930. The second kappa shape index (κ2) is 8.08. The Morgan fingerprint density at radius 3 is 2.67 bits per heavy atom. The van der Waals surface area contributed by atoms with Crippen molar-refractivity contribution in [3.63, 3.8) is 0 Å². The van der Waals surface area contributed by atoms with Crippen LogP contribution >= 0.6 is 40.1 Å². The molecule has 18 heavy (non-hydrogen) atoms. The molecule has 1 saturated carbocycles. The van der Waals surface area contributed by atoms with Crippen LogP contribution in [0, 0.1) is 0 Å². The van der Waals surface area contributed by atoms with Crippen molar-refractivity contribution in [2.24, 2.45) is 0 Å². The largest absolute Gasteiger partial charge is 0.324 e. The van der Waals surface area contributed by atoms with Gasteiger partial charge in [-0.25, -0.2) is 0 Å². The Kier molecular flexibility index (Phi) is 7.12. The SMILES string of the molecule is Cl.O=C(CSC1CCCC1)Nc1ccccc1Br. The molecule has 0 aromatic heterocycles. The molecule has 0 bridgehead atoms. The minimum Gasteiger partial charge on any atom is -0.324 e. The fraction of sp³-hybridized carbons (Fsp3) is 0.462. The first-order chi connectivity index (χ1) is 8.25. The van der Waals surface area contributed by atoms with Gasteiger partial charge >= 0.3 is 0 Å². The van der Waals surface area contributed by atoms with E-state index in [0.29, 0.717) is 11.0 Å². The number of anilines is 1. The lowest BCUT2D eigenvalue weighted by molar-refractivity contribution is -0.113. The summed E-state index contributed by atoms with van der Waals surface area (Å²) in [5.74, 6) is 0.653. The Balaban J connectivity index is 0.00000162. The molecule has 0 saturated heterocycles. The Labute approximate surface area is 127 Å². The molecule has 0 radical (unpaired) electrons. The first kappa shape index (κ1) is 15.9. The Bertz CT molecular complexity index is 396. The molecule has 1 N–H and O–H groups in total. The van der Waals surface area contributed by atoms with Gasteiger partial charge in [-0.2, -0.15) is 0 Å². The zero-order chi connectivity index (χ0) is 12.1. The van der Waals surface area contributed by atoms with Crippen LogP contribution in [0.1, 0.15) is 25.7 Å². The van der Waals surface area contributed by atoms with Gasteiger partial charge in [0, 0.05) is 9.72 Å². The third kappa shape index (κ3) is 4.82. The van der Waals surface area contributed by atoms with E-state index in [1.54, 1.807) is 11.8 Å². The summed E-state index contributed by atoms with van der Waals surface area (Å²) in [5, 5.41) is 3.62. The van der Waals surface area contributed by atoms with Crippen LogP contribution < -0.4 is 5.32 Å². The van der Waals surface area contributed by atoms with Crippen molar-refractivity contribution >= 4 is 51.7 Å². The lowest BCUT2D eigenvalue weighted by atomic mass is 10.3. The molecular weight excluding hydrogens is 334 g/mol. The number of hydrogen-bond donors (Lipinski definition) is 1. The quantitative estimate of drug-likeness (QED) is 0.867. The minimum atomic E-state index is 0. The van der Waals surface area contributed by atoms with Gasteiger partial charge in [-0.15, -0.1) is 24.2 Å². The van der Waals surface area contributed by atoms with Crippen LogP contribution in [0.25, 0.3) is 0 Å². The molecule has 2 rings (SSSR count). The third-order valence-electron chi connectivity index (χ3n) is 2.90. The summed E-state index contributed by atoms with van der Waals surface area (Å²) in [6, 6.07) is 7.69. The van der Waals surface area contributed by atoms with Crippen LogP contribution in [0.2, 0.25) is 0 Å². The van der Waals surface area contributed by atoms with E-state index in [1.165, 1.54) is 25.7 Å². The summed E-state index contributed by atoms with van der Waals surface area (Å²) in [6.07, 6.45) is 5.19. The maximum atomic E-state index is 11.8. The highest BCUT2D eigenvalue weighted by molar-refractivity contribution is 9.10. The third-order valence-corrected chi connectivity index (χ3v) is 4.96. The summed E-state index contributed by atoms with van der Waals surface area (Å²) >= 11 is 5.21. The van der Waals surface area contributed by atoms with E-state index in [1.807, 2.05) is 24.3 Å². The van der Waals surface area contributed by atoms with E-state index in [9.17, 15) is 4.79 Å². The predicted octanol–water partition coefficient (Wildman–Crippen LogP) is 4.49. The van der Waals surface area contributed by atoms with Gasteiger partial charge in [0.2, 0.25) is 5.91 Å². The smallest absolute Gasteiger partial charge is 0.234 e. The van der Waals surface area contributed by atoms with Gasteiger partial charge in [0.05, 0.1) is 11.4 Å². The van der Waals surface area contributed by atoms with Crippen LogP contribution in [0.15, 0.2) is 28.7 Å². The first-order valence-corrected chi connectivity index (χ1v) is 7.76. The van der Waals surface area contributed by atoms with Crippen molar-refractivity contribution in [1.29, 1.82) is 0 Å². The molecular formula is C13H17BrClNOS. The predicted molar refractivity (Wildman–Crippen MR) is 84.7 cm³/mol. The molecule has 0 unspecified atom stereocenters. The minimum absolute atomic E-state index is 0. The standard InChI is InChI=1S/C13H16BrNOS.ClH/c14-11-7-3-4-8-12(11)15-13(16)9-17-10-5-1-2-6-10;/h3-4,7-8,10H,1-2,5-6,9H2,(H,15,16);1H. The monoisotopic (exact) mass is 349 g/mol. The van der Waals surface area contributed by atoms with Gasteiger partial charge in [-0.1, -0.05) is 25.0 Å². The van der Waals surface area contributed by atoms with Crippen molar-refractivity contribution in [2.45, 2.75) is 30.9 Å². The molecule has 1 amide bonds. The molecule has 0 aliphatic heterocycles. The van der Waals surface area contributed by atoms with Crippen LogP contribution in [0.4, 0.5) is 5.69 Å². The fourth-order valence-electron chi connectivity index (χ4n) is 2.00. The van der Waals surface area contributed by atoms with E-state index >= 15 is 0 Å². The van der Waals surface area contributed by atoms with Gasteiger partial charge < -0.3 is 5.32 Å². The number of rotatable bonds is 4. The van der Waals surface area contributed by atoms with Crippen LogP contribution in [-0.2, 0) is 4.79 Å². The number of thioether (sulfide) groups is 1. The zero-order valence-electron chi connectivity index (χ0n) is 10.0. The van der Waals surface area contributed by atoms with E-state index in [2.05, 4.69) is 21.2 Å². The second-order valence-corrected chi connectivity index (χ2v) is 6.39. The molecule has 5 heteroatoms. The Morgan fingerprint density at radius 1 is 1.33 bits per heavy atom. The number of carbonyl (C=O) groups is 1. The topological polar surface area (TPSA) is 29.1 Å². The van der Waals surface area contributed by atoms with Gasteiger partial charge in [0.25, 0.3) is 0 Å². The molecule has 1 aromatic rings. The van der Waals surface area contributed by atoms with E-state index in [0.717, 1.165) is 10.2 Å². The number of carbonyl (C=O) groups excluding carboxylic acids is 1. The van der Waals surface area contributed by atoms with E-state index in [4.69, 9.17) is 0 Å². The number of nitrogens with one attached hydrogen (secondary N) is 1. The van der Waals surface area contributed by atoms with Gasteiger partial charge in [-0.3, -0.25) is 4.79 Å². The Morgan fingerprint density at radius 2 is 2.00 bits per heavy atom. The average Bonchev–Trinajstić information content (AvgIpc) is 2.82. The van der Waals surface area contributed by atoms with E-state index < -0.39 is 0 Å². The van der Waals surface area contributed by atoms with Crippen LogP contribution in [0.5, 0.6) is 0 Å². The molecule has 0 heterocycles. The van der Waals surface area contributed by atoms with E-state index in [-0.39, 0.29) is 18.3 Å². The maximum Gasteiger partial charge on any atom is 0.234 e. The van der Waals surface area contributed by atoms with Crippen LogP contribution in [-0.4, -0.2) is 16.9 Å². The summed E-state index contributed by atoms with van der Waals surface area (Å²) in [4.78, 5) is 11.8. The molecule has 1 aromatic carbocycles. The molecule has 1 fully saturated rings. The van der Waals surface area contributed by atoms with Gasteiger partial charge in [0.15, 0.2) is 0 Å². The highest BCUT2D eigenvalue weighted by atomic mass is 79.9. The average molecular weight is 351 g/mol. The molecule has 1 aliphatic rings. The fourth-order valence-corrected chi connectivity index (χ4v) is 3.51. The maximum absolute atomic E-state index is 11.8. The molecule has 100 valence electrons. The number of benzene rings is 1. The number of hydrogen-bond acceptors (Lipinski definition) is 2. The molecule has 0 spiro atoms. The van der Waals surface area contributed by atoms with Crippen LogP contribution in [0.3, 0.4) is 0 Å². The summed E-state index contributed by atoms with van der Waals surface area (Å²) in [7, 11) is 0. The zero-order valence-corrected chi connectivity index (χ0v) is 13.2. The number of amides is 1. The number of para-hydroxylation sites is 1. The second-order valence-electron chi connectivity index (χ2n) is 4.25. The molecule has 2 nitrogen and oxygen atoms in total.